The third-order valence-corrected chi connectivity index (χ3v) is 6.54. The molecule has 1 amide bonds. The average molecular weight is 518 g/mol. The number of rotatable bonds is 7. The van der Waals surface area contributed by atoms with Gasteiger partial charge in [0.2, 0.25) is 5.78 Å². The molecule has 9 heteroatoms. The number of hydrogen-bond donors (Lipinski definition) is 1. The summed E-state index contributed by atoms with van der Waals surface area (Å²) in [5.74, 6) is -1.56. The molecule has 1 atom stereocenters. The number of anilines is 1. The Kier molecular flexibility index (Phi) is 6.35. The van der Waals surface area contributed by atoms with Gasteiger partial charge >= 0.3 is 0 Å². The molecule has 1 N–H and O–H groups in total. The summed E-state index contributed by atoms with van der Waals surface area (Å²) in [6, 6.07) is 16.8. The first-order valence-corrected chi connectivity index (χ1v) is 11.9. The predicted molar refractivity (Wildman–Crippen MR) is 140 cm³/mol. The minimum Gasteiger partial charge on any atom is -0.503 e. The molecule has 37 heavy (non-hydrogen) atoms. The van der Waals surface area contributed by atoms with Crippen molar-refractivity contribution in [3.8, 4) is 5.75 Å². The zero-order chi connectivity index (χ0) is 26.3. The van der Waals surface area contributed by atoms with Crippen LogP contribution in [0.25, 0.3) is 11.0 Å². The van der Waals surface area contributed by atoms with Crippen LogP contribution in [0.3, 0.4) is 0 Å². The van der Waals surface area contributed by atoms with Gasteiger partial charge in [0.25, 0.3) is 5.91 Å². The summed E-state index contributed by atoms with van der Waals surface area (Å²) in [6.45, 7) is 0.101. The number of pyridine rings is 1. The molecule has 0 aliphatic carbocycles. The Labute approximate surface area is 218 Å². The number of fused-ring (bicyclic) bond motifs is 1. The molecule has 1 unspecified atom stereocenters. The number of aromatic nitrogens is 1. The molecule has 2 aromatic carbocycles. The number of amides is 1. The minimum atomic E-state index is -0.850. The number of Topliss-reactive ketones (excluding diaryl/α,β-unsaturated/α-hetero) is 1. The number of ketones is 1. The maximum absolute atomic E-state index is 13.8. The molecule has 1 aliphatic rings. The lowest BCUT2D eigenvalue weighted by molar-refractivity contribution is -0.130. The fourth-order valence-corrected chi connectivity index (χ4v) is 4.71. The molecule has 0 bridgehead atoms. The van der Waals surface area contributed by atoms with Crippen LogP contribution >= 0.6 is 11.6 Å². The van der Waals surface area contributed by atoms with Crippen LogP contribution in [-0.4, -0.2) is 47.9 Å². The summed E-state index contributed by atoms with van der Waals surface area (Å²) in [5.41, 5.74) is 2.51. The van der Waals surface area contributed by atoms with Crippen LogP contribution in [-0.2, 0) is 11.3 Å². The number of benzene rings is 2. The van der Waals surface area contributed by atoms with Gasteiger partial charge in [-0.3, -0.25) is 14.6 Å². The average Bonchev–Trinajstić information content (AvgIpc) is 3.43. The number of hydrogen-bond acceptors (Lipinski definition) is 7. The fourth-order valence-electron chi connectivity index (χ4n) is 4.50. The van der Waals surface area contributed by atoms with Crippen LogP contribution < -0.4 is 9.64 Å². The number of halogens is 1. The van der Waals surface area contributed by atoms with Gasteiger partial charge in [0.15, 0.2) is 22.9 Å². The summed E-state index contributed by atoms with van der Waals surface area (Å²) in [7, 11) is 5.32. The molecule has 0 saturated heterocycles. The van der Waals surface area contributed by atoms with Gasteiger partial charge in [-0.25, -0.2) is 0 Å². The molecule has 2 aromatic heterocycles. The van der Waals surface area contributed by atoms with E-state index in [1.54, 1.807) is 30.5 Å². The monoisotopic (exact) mass is 517 g/mol. The van der Waals surface area contributed by atoms with Crippen molar-refractivity contribution in [2.24, 2.45) is 0 Å². The highest BCUT2D eigenvalue weighted by molar-refractivity contribution is 6.31. The first-order chi connectivity index (χ1) is 17.8. The van der Waals surface area contributed by atoms with Crippen molar-refractivity contribution in [2.75, 3.05) is 26.1 Å². The SMILES string of the molecule is COc1cc(Cl)cc2cc(C(=O)C3=C(O)C(=O)N(Cc4ccccn4)C3c3ccc(N(C)C)cc3)oc12. The third-order valence-electron chi connectivity index (χ3n) is 6.32. The van der Waals surface area contributed by atoms with Gasteiger partial charge in [0, 0.05) is 42.5 Å². The number of ether oxygens (including phenoxy) is 1. The van der Waals surface area contributed by atoms with Gasteiger partial charge in [-0.1, -0.05) is 29.8 Å². The quantitative estimate of drug-likeness (QED) is 0.331. The summed E-state index contributed by atoms with van der Waals surface area (Å²) >= 11 is 6.18. The van der Waals surface area contributed by atoms with Gasteiger partial charge in [-0.2, -0.15) is 0 Å². The van der Waals surface area contributed by atoms with Gasteiger partial charge in [0.05, 0.1) is 31.0 Å². The summed E-state index contributed by atoms with van der Waals surface area (Å²) in [4.78, 5) is 34.8. The predicted octanol–water partition coefficient (Wildman–Crippen LogP) is 5.33. The maximum Gasteiger partial charge on any atom is 0.290 e. The zero-order valence-electron chi connectivity index (χ0n) is 20.4. The standard InChI is InChI=1S/C28H24ClN3O5/c1-31(2)20-9-7-16(8-10-20)24-23(26(34)28(35)32(24)15-19-6-4-5-11-30-19)25(33)21-13-17-12-18(29)14-22(36-3)27(17)37-21/h4-14,24,34H,15H2,1-3H3. The van der Waals surface area contributed by atoms with E-state index < -0.39 is 23.5 Å². The highest BCUT2D eigenvalue weighted by Crippen LogP contribution is 2.41. The van der Waals surface area contributed by atoms with Gasteiger partial charge < -0.3 is 24.1 Å². The Balaban J connectivity index is 1.61. The number of furan rings is 1. The fraction of sp³-hybridized carbons (Fsp3) is 0.179. The number of methoxy groups -OCH3 is 1. The summed E-state index contributed by atoms with van der Waals surface area (Å²) in [6.07, 6.45) is 1.63. The van der Waals surface area contributed by atoms with Gasteiger partial charge in [0.1, 0.15) is 0 Å². The Morgan fingerprint density at radius 3 is 2.57 bits per heavy atom. The second kappa shape index (κ2) is 9.63. The molecule has 0 radical (unpaired) electrons. The lowest BCUT2D eigenvalue weighted by atomic mass is 9.94. The number of carbonyl (C=O) groups excluding carboxylic acids is 2. The van der Waals surface area contributed by atoms with Crippen molar-refractivity contribution in [3.05, 3.63) is 100 Å². The van der Waals surface area contributed by atoms with E-state index in [4.69, 9.17) is 20.8 Å². The summed E-state index contributed by atoms with van der Waals surface area (Å²) in [5, 5.41) is 12.0. The highest BCUT2D eigenvalue weighted by atomic mass is 35.5. The van der Waals surface area contributed by atoms with E-state index in [1.807, 2.05) is 49.3 Å². The molecule has 5 rings (SSSR count). The number of nitrogens with zero attached hydrogens (tertiary/aromatic N) is 3. The lowest BCUT2D eigenvalue weighted by Gasteiger charge is -2.27. The number of aliphatic hydroxyl groups excluding tert-OH is 1. The highest BCUT2D eigenvalue weighted by Gasteiger charge is 2.44. The maximum atomic E-state index is 13.8. The van der Waals surface area contributed by atoms with E-state index in [0.29, 0.717) is 33.0 Å². The molecule has 8 nitrogen and oxygen atoms in total. The molecule has 0 spiro atoms. The van der Waals surface area contributed by atoms with Crippen LogP contribution in [0.5, 0.6) is 5.75 Å². The van der Waals surface area contributed by atoms with Crippen molar-refractivity contribution in [1.29, 1.82) is 0 Å². The van der Waals surface area contributed by atoms with Gasteiger partial charge in [-0.15, -0.1) is 0 Å². The Hall–Kier alpha value is -4.30. The second-order valence-corrected chi connectivity index (χ2v) is 9.31. The second-order valence-electron chi connectivity index (χ2n) is 8.87. The van der Waals surface area contributed by atoms with Crippen molar-refractivity contribution < 1.29 is 23.8 Å². The van der Waals surface area contributed by atoms with E-state index in [9.17, 15) is 14.7 Å². The minimum absolute atomic E-state index is 0.0421. The third kappa shape index (κ3) is 4.40. The Morgan fingerprint density at radius 2 is 1.92 bits per heavy atom. The van der Waals surface area contributed by atoms with Crippen LogP contribution in [0.4, 0.5) is 5.69 Å². The number of aliphatic hydroxyl groups is 1. The molecule has 4 aromatic rings. The van der Waals surface area contributed by atoms with E-state index in [-0.39, 0.29) is 17.9 Å². The Morgan fingerprint density at radius 1 is 1.16 bits per heavy atom. The molecule has 3 heterocycles. The van der Waals surface area contributed by atoms with E-state index in [2.05, 4.69) is 4.98 Å². The van der Waals surface area contributed by atoms with Crippen molar-refractivity contribution in [2.45, 2.75) is 12.6 Å². The molecular formula is C28H24ClN3O5. The van der Waals surface area contributed by atoms with Gasteiger partial charge in [-0.05, 0) is 42.0 Å². The van der Waals surface area contributed by atoms with Crippen molar-refractivity contribution in [3.63, 3.8) is 0 Å². The largest absolute Gasteiger partial charge is 0.503 e. The summed E-state index contributed by atoms with van der Waals surface area (Å²) < 4.78 is 11.2. The molecule has 1 aliphatic heterocycles. The molecular weight excluding hydrogens is 494 g/mol. The molecule has 188 valence electrons. The van der Waals surface area contributed by atoms with E-state index in [1.165, 1.54) is 18.1 Å². The lowest BCUT2D eigenvalue weighted by Crippen LogP contribution is -2.31. The molecule has 0 saturated carbocycles. The van der Waals surface area contributed by atoms with Crippen LogP contribution in [0.1, 0.15) is 27.9 Å². The smallest absolute Gasteiger partial charge is 0.290 e. The first kappa shape index (κ1) is 24.4. The van der Waals surface area contributed by atoms with Crippen LogP contribution in [0.2, 0.25) is 5.02 Å². The zero-order valence-corrected chi connectivity index (χ0v) is 21.2. The number of carbonyl (C=O) groups is 2. The normalized spacial score (nSPS) is 15.5. The molecule has 0 fully saturated rings. The van der Waals surface area contributed by atoms with E-state index >= 15 is 0 Å². The van der Waals surface area contributed by atoms with Crippen LogP contribution in [0.15, 0.2) is 82.6 Å². The van der Waals surface area contributed by atoms with E-state index in [0.717, 1.165) is 5.69 Å². The Bertz CT molecular complexity index is 1530. The topological polar surface area (TPSA) is 96.1 Å². The van der Waals surface area contributed by atoms with Crippen molar-refractivity contribution in [1.82, 2.24) is 9.88 Å². The van der Waals surface area contributed by atoms with Crippen molar-refractivity contribution >= 4 is 39.9 Å². The first-order valence-electron chi connectivity index (χ1n) is 11.5. The van der Waals surface area contributed by atoms with Crippen LogP contribution in [0, 0.1) is 0 Å².